The molecule has 1 saturated heterocycles. The fraction of sp³-hybridized carbons (Fsp3) is 0.240. The van der Waals surface area contributed by atoms with E-state index in [9.17, 15) is 0 Å². The Labute approximate surface area is 203 Å². The van der Waals surface area contributed by atoms with Crippen molar-refractivity contribution in [2.75, 3.05) is 55.5 Å². The predicted molar refractivity (Wildman–Crippen MR) is 136 cm³/mol. The summed E-state index contributed by atoms with van der Waals surface area (Å²) in [5.41, 5.74) is 2.91. The largest absolute Gasteiger partial charge is 0.497 e. The second-order valence-corrected chi connectivity index (χ2v) is 8.37. The SMILES string of the molecule is COc1cc(Nc2ccnc(N3CCN(c4ccnc5cc(Cl)ccc45)CC3)n2)cc(OC)c1. The van der Waals surface area contributed by atoms with E-state index in [0.717, 1.165) is 42.8 Å². The first-order valence-electron chi connectivity index (χ1n) is 11.0. The second kappa shape index (κ2) is 9.61. The molecule has 34 heavy (non-hydrogen) atoms. The van der Waals surface area contributed by atoms with Gasteiger partial charge in [-0.05, 0) is 30.3 Å². The number of halogens is 1. The summed E-state index contributed by atoms with van der Waals surface area (Å²) >= 11 is 6.15. The average molecular weight is 477 g/mol. The van der Waals surface area contributed by atoms with Crippen LogP contribution in [0, 0.1) is 0 Å². The molecule has 0 bridgehead atoms. The molecule has 5 rings (SSSR count). The van der Waals surface area contributed by atoms with Crippen LogP contribution in [0.15, 0.2) is 60.9 Å². The molecule has 1 fully saturated rings. The number of nitrogens with one attached hydrogen (secondary N) is 1. The maximum absolute atomic E-state index is 6.15. The van der Waals surface area contributed by atoms with Crippen LogP contribution in [0.2, 0.25) is 5.02 Å². The number of rotatable bonds is 6. The molecular formula is C25H25ClN6O2. The van der Waals surface area contributed by atoms with E-state index < -0.39 is 0 Å². The summed E-state index contributed by atoms with van der Waals surface area (Å²) in [5.74, 6) is 2.82. The van der Waals surface area contributed by atoms with Gasteiger partial charge >= 0.3 is 0 Å². The van der Waals surface area contributed by atoms with E-state index in [-0.39, 0.29) is 0 Å². The number of ether oxygens (including phenoxy) is 2. The second-order valence-electron chi connectivity index (χ2n) is 7.93. The standard InChI is InChI=1S/C25H25ClN6O2/c1-33-19-14-18(15-20(16-19)34-2)29-24-6-8-28-25(30-24)32-11-9-31(10-12-32)23-5-7-27-22-13-17(26)3-4-21(22)23/h3-8,13-16H,9-12H2,1-2H3,(H,28,29,30). The highest BCUT2D eigenvalue weighted by Gasteiger charge is 2.21. The molecule has 0 saturated carbocycles. The van der Waals surface area contributed by atoms with Crippen molar-refractivity contribution in [3.05, 3.63) is 65.9 Å². The monoisotopic (exact) mass is 476 g/mol. The molecule has 9 heteroatoms. The lowest BCUT2D eigenvalue weighted by Crippen LogP contribution is -2.47. The van der Waals surface area contributed by atoms with Gasteiger partial charge in [0.1, 0.15) is 17.3 Å². The van der Waals surface area contributed by atoms with Crippen molar-refractivity contribution in [3.8, 4) is 11.5 Å². The summed E-state index contributed by atoms with van der Waals surface area (Å²) in [6.45, 7) is 3.34. The van der Waals surface area contributed by atoms with E-state index in [1.807, 2.05) is 48.7 Å². The van der Waals surface area contributed by atoms with Crippen molar-refractivity contribution in [3.63, 3.8) is 0 Å². The van der Waals surface area contributed by atoms with Gasteiger partial charge in [-0.15, -0.1) is 0 Å². The zero-order chi connectivity index (χ0) is 23.5. The zero-order valence-electron chi connectivity index (χ0n) is 19.0. The molecule has 0 amide bonds. The number of methoxy groups -OCH3 is 2. The molecular weight excluding hydrogens is 452 g/mol. The number of pyridine rings is 1. The van der Waals surface area contributed by atoms with Crippen molar-refractivity contribution >= 4 is 45.6 Å². The van der Waals surface area contributed by atoms with Crippen molar-refractivity contribution in [2.24, 2.45) is 0 Å². The Bertz CT molecular complexity index is 1290. The third kappa shape index (κ3) is 4.63. The van der Waals surface area contributed by atoms with Crippen molar-refractivity contribution in [2.45, 2.75) is 0 Å². The van der Waals surface area contributed by atoms with Crippen molar-refractivity contribution in [1.29, 1.82) is 0 Å². The molecule has 0 spiro atoms. The number of anilines is 4. The first kappa shape index (κ1) is 22.0. The molecule has 8 nitrogen and oxygen atoms in total. The lowest BCUT2D eigenvalue weighted by Gasteiger charge is -2.36. The minimum absolute atomic E-state index is 0.694. The van der Waals surface area contributed by atoms with Gasteiger partial charge in [0.15, 0.2) is 0 Å². The minimum Gasteiger partial charge on any atom is -0.497 e. The van der Waals surface area contributed by atoms with E-state index in [2.05, 4.69) is 31.2 Å². The molecule has 1 aliphatic heterocycles. The van der Waals surface area contributed by atoms with Gasteiger partial charge < -0.3 is 24.6 Å². The number of hydrogen-bond acceptors (Lipinski definition) is 8. The summed E-state index contributed by atoms with van der Waals surface area (Å²) in [6, 6.07) is 15.4. The highest BCUT2D eigenvalue weighted by Crippen LogP contribution is 2.30. The summed E-state index contributed by atoms with van der Waals surface area (Å²) in [7, 11) is 3.26. The quantitative estimate of drug-likeness (QED) is 0.426. The van der Waals surface area contributed by atoms with E-state index in [0.29, 0.717) is 28.3 Å². The Morgan fingerprint density at radius 3 is 2.26 bits per heavy atom. The Kier molecular flexibility index (Phi) is 6.22. The van der Waals surface area contributed by atoms with Crippen LogP contribution in [-0.2, 0) is 0 Å². The Balaban J connectivity index is 1.30. The van der Waals surface area contributed by atoms with Crippen molar-refractivity contribution in [1.82, 2.24) is 15.0 Å². The van der Waals surface area contributed by atoms with E-state index >= 15 is 0 Å². The van der Waals surface area contributed by atoms with Gasteiger partial charge in [0.25, 0.3) is 0 Å². The normalized spacial score (nSPS) is 13.7. The van der Waals surface area contributed by atoms with Crippen LogP contribution in [0.5, 0.6) is 11.5 Å². The lowest BCUT2D eigenvalue weighted by atomic mass is 10.1. The molecule has 174 valence electrons. The molecule has 0 unspecified atom stereocenters. The first-order chi connectivity index (χ1) is 16.6. The molecule has 2 aromatic carbocycles. The van der Waals surface area contributed by atoms with Crippen molar-refractivity contribution < 1.29 is 9.47 Å². The molecule has 3 heterocycles. The number of aromatic nitrogens is 3. The van der Waals surface area contributed by atoms with Crippen LogP contribution in [-0.4, -0.2) is 55.4 Å². The molecule has 2 aromatic heterocycles. The van der Waals surface area contributed by atoms with Crippen LogP contribution < -0.4 is 24.6 Å². The predicted octanol–water partition coefficient (Wildman–Crippen LogP) is 4.77. The average Bonchev–Trinajstić information content (AvgIpc) is 2.88. The Morgan fingerprint density at radius 1 is 0.824 bits per heavy atom. The third-order valence-corrected chi connectivity index (χ3v) is 6.09. The van der Waals surface area contributed by atoms with E-state index in [1.165, 1.54) is 5.69 Å². The van der Waals surface area contributed by atoms with E-state index in [4.69, 9.17) is 26.1 Å². The summed E-state index contributed by atoms with van der Waals surface area (Å²) < 4.78 is 10.7. The zero-order valence-corrected chi connectivity index (χ0v) is 19.8. The lowest BCUT2D eigenvalue weighted by molar-refractivity contribution is 0.395. The molecule has 0 atom stereocenters. The maximum Gasteiger partial charge on any atom is 0.227 e. The van der Waals surface area contributed by atoms with Gasteiger partial charge in [0.05, 0.1) is 19.7 Å². The molecule has 1 aliphatic rings. The summed E-state index contributed by atoms with van der Waals surface area (Å²) in [6.07, 6.45) is 3.61. The van der Waals surface area contributed by atoms with Gasteiger partial charge in [-0.3, -0.25) is 4.98 Å². The molecule has 4 aromatic rings. The number of fused-ring (bicyclic) bond motifs is 1. The topological polar surface area (TPSA) is 75.6 Å². The summed E-state index contributed by atoms with van der Waals surface area (Å²) in [5, 5.41) is 5.13. The number of piperazine rings is 1. The van der Waals surface area contributed by atoms with Gasteiger partial charge in [0, 0.05) is 78.6 Å². The maximum atomic E-state index is 6.15. The first-order valence-corrected chi connectivity index (χ1v) is 11.4. The van der Waals surface area contributed by atoms with Gasteiger partial charge in [-0.1, -0.05) is 11.6 Å². The van der Waals surface area contributed by atoms with E-state index in [1.54, 1.807) is 20.4 Å². The van der Waals surface area contributed by atoms with Crippen LogP contribution in [0.1, 0.15) is 0 Å². The highest BCUT2D eigenvalue weighted by molar-refractivity contribution is 6.31. The third-order valence-electron chi connectivity index (χ3n) is 5.85. The highest BCUT2D eigenvalue weighted by atomic mass is 35.5. The fourth-order valence-electron chi connectivity index (χ4n) is 4.13. The molecule has 0 radical (unpaired) electrons. The van der Waals surface area contributed by atoms with Gasteiger partial charge in [0.2, 0.25) is 5.95 Å². The van der Waals surface area contributed by atoms with Crippen LogP contribution >= 0.6 is 11.6 Å². The number of nitrogens with zero attached hydrogens (tertiary/aromatic N) is 5. The number of hydrogen-bond donors (Lipinski definition) is 1. The Hall–Kier alpha value is -3.78. The van der Waals surface area contributed by atoms with Gasteiger partial charge in [-0.2, -0.15) is 4.98 Å². The molecule has 1 N–H and O–H groups in total. The fourth-order valence-corrected chi connectivity index (χ4v) is 4.29. The van der Waals surface area contributed by atoms with Crippen LogP contribution in [0.4, 0.5) is 23.1 Å². The van der Waals surface area contributed by atoms with Crippen LogP contribution in [0.25, 0.3) is 10.9 Å². The van der Waals surface area contributed by atoms with Gasteiger partial charge in [-0.25, -0.2) is 4.98 Å². The Morgan fingerprint density at radius 2 is 1.53 bits per heavy atom. The molecule has 0 aliphatic carbocycles. The minimum atomic E-state index is 0.694. The number of benzene rings is 2. The van der Waals surface area contributed by atoms with Crippen LogP contribution in [0.3, 0.4) is 0 Å². The summed E-state index contributed by atoms with van der Waals surface area (Å²) in [4.78, 5) is 18.3. The smallest absolute Gasteiger partial charge is 0.227 e.